The monoisotopic (exact) mass is 392 g/mol. The fourth-order valence-electron chi connectivity index (χ4n) is 3.32. The number of rotatable bonds is 6. The summed E-state index contributed by atoms with van der Waals surface area (Å²) in [5, 5.41) is 4.29. The van der Waals surface area contributed by atoms with E-state index >= 15 is 0 Å². The van der Waals surface area contributed by atoms with Crippen LogP contribution in [0.2, 0.25) is 10.0 Å². The van der Waals surface area contributed by atoms with Crippen molar-refractivity contribution in [3.8, 4) is 0 Å². The molecule has 0 saturated heterocycles. The third-order valence-electron chi connectivity index (χ3n) is 4.43. The first-order valence-corrected chi connectivity index (χ1v) is 9.51. The van der Waals surface area contributed by atoms with E-state index in [2.05, 4.69) is 10.2 Å². The average Bonchev–Trinajstić information content (AvgIpc) is 2.75. The van der Waals surface area contributed by atoms with Crippen LogP contribution in [0.15, 0.2) is 42.5 Å². The molecule has 0 aliphatic carbocycles. The summed E-state index contributed by atoms with van der Waals surface area (Å²) >= 11 is 12.8. The zero-order valence-corrected chi connectivity index (χ0v) is 16.2. The van der Waals surface area contributed by atoms with Gasteiger partial charge in [0, 0.05) is 35.5 Å². The van der Waals surface area contributed by atoms with Gasteiger partial charge in [-0.05, 0) is 48.7 Å². The van der Waals surface area contributed by atoms with Crippen LogP contribution in [-0.2, 0) is 9.53 Å². The number of anilines is 1. The highest BCUT2D eigenvalue weighted by molar-refractivity contribution is 6.31. The molecule has 0 fully saturated rings. The second-order valence-electron chi connectivity index (χ2n) is 6.22. The Morgan fingerprint density at radius 3 is 2.77 bits per heavy atom. The SMILES string of the molecule is CCOCCCN1CC(=O)Nc2ccc(Cl)cc2C1c1ccccc1Cl. The van der Waals surface area contributed by atoms with Crippen molar-refractivity contribution < 1.29 is 9.53 Å². The predicted molar refractivity (Wildman–Crippen MR) is 106 cm³/mol. The summed E-state index contributed by atoms with van der Waals surface area (Å²) in [6.45, 7) is 4.33. The molecular weight excluding hydrogens is 371 g/mol. The van der Waals surface area contributed by atoms with Crippen molar-refractivity contribution in [3.05, 3.63) is 63.6 Å². The summed E-state index contributed by atoms with van der Waals surface area (Å²) in [5.74, 6) is -0.0421. The molecule has 0 saturated carbocycles. The molecule has 138 valence electrons. The topological polar surface area (TPSA) is 41.6 Å². The molecule has 1 heterocycles. The number of ether oxygens (including phenoxy) is 1. The number of benzene rings is 2. The van der Waals surface area contributed by atoms with E-state index in [1.165, 1.54) is 0 Å². The molecule has 26 heavy (non-hydrogen) atoms. The van der Waals surface area contributed by atoms with Gasteiger partial charge in [0.05, 0.1) is 12.6 Å². The van der Waals surface area contributed by atoms with E-state index in [0.29, 0.717) is 23.3 Å². The van der Waals surface area contributed by atoms with Gasteiger partial charge in [-0.15, -0.1) is 0 Å². The molecular formula is C20H22Cl2N2O2. The molecule has 3 rings (SSSR count). The lowest BCUT2D eigenvalue weighted by Crippen LogP contribution is -2.35. The number of halogens is 2. The van der Waals surface area contributed by atoms with Crippen LogP contribution in [0, 0.1) is 0 Å². The van der Waals surface area contributed by atoms with E-state index in [9.17, 15) is 4.79 Å². The zero-order valence-electron chi connectivity index (χ0n) is 14.7. The van der Waals surface area contributed by atoms with Crippen molar-refractivity contribution in [2.75, 3.05) is 31.6 Å². The molecule has 1 amide bonds. The Balaban J connectivity index is 2.03. The molecule has 0 bridgehead atoms. The number of hydrogen-bond donors (Lipinski definition) is 1. The lowest BCUT2D eigenvalue weighted by molar-refractivity contribution is -0.117. The molecule has 2 aromatic carbocycles. The minimum absolute atomic E-state index is 0.0421. The van der Waals surface area contributed by atoms with Crippen molar-refractivity contribution in [2.45, 2.75) is 19.4 Å². The van der Waals surface area contributed by atoms with E-state index in [-0.39, 0.29) is 18.5 Å². The summed E-state index contributed by atoms with van der Waals surface area (Å²) in [5.41, 5.74) is 2.69. The average molecular weight is 393 g/mol. The molecule has 1 aliphatic heterocycles. The molecule has 2 aromatic rings. The summed E-state index contributed by atoms with van der Waals surface area (Å²) in [4.78, 5) is 14.6. The number of nitrogens with zero attached hydrogens (tertiary/aromatic N) is 1. The molecule has 6 heteroatoms. The first-order valence-electron chi connectivity index (χ1n) is 8.75. The van der Waals surface area contributed by atoms with Crippen LogP contribution in [0.1, 0.15) is 30.5 Å². The highest BCUT2D eigenvalue weighted by Gasteiger charge is 2.31. The number of hydrogen-bond acceptors (Lipinski definition) is 3. The Kier molecular flexibility index (Phi) is 6.54. The van der Waals surface area contributed by atoms with E-state index < -0.39 is 0 Å². The van der Waals surface area contributed by atoms with E-state index in [1.807, 2.05) is 43.3 Å². The van der Waals surface area contributed by atoms with Gasteiger partial charge in [0.1, 0.15) is 0 Å². The first kappa shape index (κ1) is 19.2. The predicted octanol–water partition coefficient (Wildman–Crippen LogP) is 4.76. The van der Waals surface area contributed by atoms with Gasteiger partial charge in [-0.2, -0.15) is 0 Å². The molecule has 1 atom stereocenters. The number of carbonyl (C=O) groups is 1. The number of nitrogens with one attached hydrogen (secondary N) is 1. The number of fused-ring (bicyclic) bond motifs is 1. The van der Waals surface area contributed by atoms with Crippen LogP contribution in [0.3, 0.4) is 0 Å². The van der Waals surface area contributed by atoms with Crippen LogP contribution in [0.25, 0.3) is 0 Å². The van der Waals surface area contributed by atoms with Gasteiger partial charge >= 0.3 is 0 Å². The molecule has 1 unspecified atom stereocenters. The lowest BCUT2D eigenvalue weighted by atomic mass is 9.95. The Morgan fingerprint density at radius 1 is 1.19 bits per heavy atom. The maximum atomic E-state index is 12.4. The smallest absolute Gasteiger partial charge is 0.238 e. The largest absolute Gasteiger partial charge is 0.382 e. The Labute approximate surface area is 164 Å². The second-order valence-corrected chi connectivity index (χ2v) is 7.07. The third-order valence-corrected chi connectivity index (χ3v) is 5.01. The summed E-state index contributed by atoms with van der Waals surface area (Å²) in [6.07, 6.45) is 0.831. The van der Waals surface area contributed by atoms with E-state index in [4.69, 9.17) is 27.9 Å². The van der Waals surface area contributed by atoms with Crippen molar-refractivity contribution in [3.63, 3.8) is 0 Å². The highest BCUT2D eigenvalue weighted by Crippen LogP contribution is 2.39. The van der Waals surface area contributed by atoms with Crippen LogP contribution < -0.4 is 5.32 Å². The first-order chi connectivity index (χ1) is 12.6. The van der Waals surface area contributed by atoms with Crippen LogP contribution in [-0.4, -0.2) is 37.1 Å². The van der Waals surface area contributed by atoms with Gasteiger partial charge in [0.15, 0.2) is 0 Å². The molecule has 0 spiro atoms. The standard InChI is InChI=1S/C20H22Cl2N2O2/c1-2-26-11-5-10-24-13-19(25)23-18-9-8-14(21)12-16(18)20(24)15-6-3-4-7-17(15)22/h3-4,6-9,12,20H,2,5,10-11,13H2,1H3,(H,23,25). The van der Waals surface area contributed by atoms with Crippen LogP contribution in [0.4, 0.5) is 5.69 Å². The number of amides is 1. The molecule has 4 nitrogen and oxygen atoms in total. The molecule has 1 N–H and O–H groups in total. The van der Waals surface area contributed by atoms with Gasteiger partial charge in [0.25, 0.3) is 0 Å². The molecule has 0 aromatic heterocycles. The van der Waals surface area contributed by atoms with Gasteiger partial charge in [-0.25, -0.2) is 0 Å². The van der Waals surface area contributed by atoms with Gasteiger partial charge in [-0.1, -0.05) is 41.4 Å². The van der Waals surface area contributed by atoms with E-state index in [0.717, 1.165) is 29.8 Å². The van der Waals surface area contributed by atoms with E-state index in [1.54, 1.807) is 6.07 Å². The van der Waals surface area contributed by atoms with Crippen LogP contribution in [0.5, 0.6) is 0 Å². The van der Waals surface area contributed by atoms with Crippen molar-refractivity contribution in [1.82, 2.24) is 4.90 Å². The van der Waals surface area contributed by atoms with Crippen molar-refractivity contribution in [1.29, 1.82) is 0 Å². The van der Waals surface area contributed by atoms with Gasteiger partial charge < -0.3 is 10.1 Å². The quantitative estimate of drug-likeness (QED) is 0.720. The molecule has 0 radical (unpaired) electrons. The normalized spacial score (nSPS) is 17.5. The Hall–Kier alpha value is -1.59. The summed E-state index contributed by atoms with van der Waals surface area (Å²) in [6, 6.07) is 13.1. The van der Waals surface area contributed by atoms with Crippen molar-refractivity contribution >= 4 is 34.8 Å². The minimum atomic E-state index is -0.155. The van der Waals surface area contributed by atoms with Crippen LogP contribution >= 0.6 is 23.2 Å². The second kappa shape index (κ2) is 8.87. The number of carbonyl (C=O) groups excluding carboxylic acids is 1. The highest BCUT2D eigenvalue weighted by atomic mass is 35.5. The third kappa shape index (κ3) is 4.38. The summed E-state index contributed by atoms with van der Waals surface area (Å²) < 4.78 is 5.46. The fourth-order valence-corrected chi connectivity index (χ4v) is 3.74. The zero-order chi connectivity index (χ0) is 18.5. The minimum Gasteiger partial charge on any atom is -0.382 e. The maximum absolute atomic E-state index is 12.4. The van der Waals surface area contributed by atoms with Gasteiger partial charge in [-0.3, -0.25) is 9.69 Å². The van der Waals surface area contributed by atoms with Gasteiger partial charge in [0.2, 0.25) is 5.91 Å². The Bertz CT molecular complexity index is 782. The lowest BCUT2D eigenvalue weighted by Gasteiger charge is -2.31. The maximum Gasteiger partial charge on any atom is 0.238 e. The fraction of sp³-hybridized carbons (Fsp3) is 0.350. The summed E-state index contributed by atoms with van der Waals surface area (Å²) in [7, 11) is 0. The molecule has 1 aliphatic rings. The Morgan fingerprint density at radius 2 is 2.00 bits per heavy atom. The van der Waals surface area contributed by atoms with Crippen molar-refractivity contribution in [2.24, 2.45) is 0 Å².